The zero-order valence-corrected chi connectivity index (χ0v) is 13.3. The minimum absolute atomic E-state index is 0.107. The molecule has 1 atom stereocenters. The van der Waals surface area contributed by atoms with Crippen molar-refractivity contribution in [1.29, 1.82) is 0 Å². The van der Waals surface area contributed by atoms with Crippen LogP contribution in [0.3, 0.4) is 0 Å². The number of carbonyl (C=O) groups is 2. The topological polar surface area (TPSA) is 97.6 Å². The van der Waals surface area contributed by atoms with E-state index in [1.807, 2.05) is 20.8 Å². The molecule has 0 radical (unpaired) electrons. The van der Waals surface area contributed by atoms with Crippen LogP contribution in [0.25, 0.3) is 0 Å². The summed E-state index contributed by atoms with van der Waals surface area (Å²) >= 11 is 0. The number of ether oxygens (including phenoxy) is 1. The zero-order chi connectivity index (χ0) is 16.9. The number of aromatic nitrogens is 1. The lowest BCUT2D eigenvalue weighted by molar-refractivity contribution is -0.140. The summed E-state index contributed by atoms with van der Waals surface area (Å²) in [5.41, 5.74) is -0.609. The molecular formula is C15H22N2O5. The number of aliphatic carboxylic acids is 1. The Kier molecular flexibility index (Phi) is 5.87. The summed E-state index contributed by atoms with van der Waals surface area (Å²) in [6.07, 6.45) is 0.138. The van der Waals surface area contributed by atoms with Gasteiger partial charge in [0.05, 0.1) is 5.60 Å². The molecule has 0 aromatic carbocycles. The molecule has 0 spiro atoms. The fraction of sp³-hybridized carbons (Fsp3) is 0.533. The van der Waals surface area contributed by atoms with Gasteiger partial charge in [-0.15, -0.1) is 0 Å². The Balaban J connectivity index is 2.74. The fourth-order valence-corrected chi connectivity index (χ4v) is 1.76. The molecule has 7 nitrogen and oxygen atoms in total. The second-order valence-electron chi connectivity index (χ2n) is 5.92. The van der Waals surface area contributed by atoms with Gasteiger partial charge < -0.3 is 19.7 Å². The van der Waals surface area contributed by atoms with E-state index in [4.69, 9.17) is 4.74 Å². The van der Waals surface area contributed by atoms with Gasteiger partial charge in [-0.25, -0.2) is 4.79 Å². The summed E-state index contributed by atoms with van der Waals surface area (Å²) in [5.74, 6) is -1.75. The number of amides is 1. The van der Waals surface area contributed by atoms with Crippen LogP contribution in [-0.4, -0.2) is 39.8 Å². The van der Waals surface area contributed by atoms with Crippen LogP contribution in [0.2, 0.25) is 0 Å². The molecule has 0 aliphatic heterocycles. The van der Waals surface area contributed by atoms with Crippen molar-refractivity contribution in [1.82, 2.24) is 9.88 Å². The fourth-order valence-electron chi connectivity index (χ4n) is 1.76. The van der Waals surface area contributed by atoms with Crippen LogP contribution >= 0.6 is 0 Å². The maximum atomic E-state index is 12.1. The second kappa shape index (κ2) is 7.22. The van der Waals surface area contributed by atoms with Crippen molar-refractivity contribution in [2.24, 2.45) is 7.05 Å². The van der Waals surface area contributed by atoms with Crippen LogP contribution in [0.5, 0.6) is 0 Å². The molecule has 1 amide bonds. The first-order valence-corrected chi connectivity index (χ1v) is 6.95. The molecule has 1 rings (SSSR count). The summed E-state index contributed by atoms with van der Waals surface area (Å²) in [7, 11) is 1.45. The first-order chi connectivity index (χ1) is 10.1. The molecule has 0 saturated carbocycles. The van der Waals surface area contributed by atoms with E-state index >= 15 is 0 Å². The predicted molar refractivity (Wildman–Crippen MR) is 80.9 cm³/mol. The Labute approximate surface area is 128 Å². The molecular weight excluding hydrogens is 288 g/mol. The van der Waals surface area contributed by atoms with Crippen molar-refractivity contribution < 1.29 is 19.4 Å². The third-order valence-corrected chi connectivity index (χ3v) is 2.96. The van der Waals surface area contributed by atoms with E-state index in [-0.39, 0.29) is 29.9 Å². The smallest absolute Gasteiger partial charge is 0.326 e. The molecule has 1 aromatic rings. The summed E-state index contributed by atoms with van der Waals surface area (Å²) < 4.78 is 6.64. The molecule has 2 N–H and O–H groups in total. The van der Waals surface area contributed by atoms with E-state index in [1.165, 1.54) is 29.8 Å². The third-order valence-electron chi connectivity index (χ3n) is 2.96. The molecule has 1 aromatic heterocycles. The molecule has 7 heteroatoms. The number of rotatable bonds is 6. The van der Waals surface area contributed by atoms with Gasteiger partial charge in [-0.2, -0.15) is 0 Å². The number of carbonyl (C=O) groups excluding carboxylic acids is 1. The Morgan fingerprint density at radius 2 is 2.00 bits per heavy atom. The molecule has 0 aliphatic carbocycles. The van der Waals surface area contributed by atoms with Crippen molar-refractivity contribution in [3.05, 3.63) is 34.2 Å². The van der Waals surface area contributed by atoms with Crippen LogP contribution in [0.4, 0.5) is 0 Å². The van der Waals surface area contributed by atoms with Gasteiger partial charge in [0.25, 0.3) is 11.5 Å². The Morgan fingerprint density at radius 3 is 2.55 bits per heavy atom. The first-order valence-electron chi connectivity index (χ1n) is 6.95. The third kappa shape index (κ3) is 5.33. The highest BCUT2D eigenvalue weighted by Crippen LogP contribution is 2.08. The number of carboxylic acids is 1. The number of nitrogens with zero attached hydrogens (tertiary/aromatic N) is 1. The van der Waals surface area contributed by atoms with E-state index in [1.54, 1.807) is 0 Å². The van der Waals surface area contributed by atoms with Crippen LogP contribution in [0.15, 0.2) is 23.0 Å². The lowest BCUT2D eigenvalue weighted by Crippen LogP contribution is -2.43. The van der Waals surface area contributed by atoms with Gasteiger partial charge in [0, 0.05) is 26.1 Å². The highest BCUT2D eigenvalue weighted by atomic mass is 16.5. The normalized spacial score (nSPS) is 12.7. The first kappa shape index (κ1) is 17.9. The Hall–Kier alpha value is -2.15. The summed E-state index contributed by atoms with van der Waals surface area (Å²) in [6, 6.07) is 3.16. The van der Waals surface area contributed by atoms with Gasteiger partial charge in [0.1, 0.15) is 11.7 Å². The van der Waals surface area contributed by atoms with E-state index < -0.39 is 17.9 Å². The molecule has 122 valence electrons. The monoisotopic (exact) mass is 310 g/mol. The Morgan fingerprint density at radius 1 is 1.36 bits per heavy atom. The SMILES string of the molecule is Cn1c(C(=O)NC(CCOC(C)(C)C)C(=O)O)cccc1=O. The number of hydrogen-bond acceptors (Lipinski definition) is 4. The predicted octanol–water partition coefficient (Wildman–Crippen LogP) is 0.773. The van der Waals surface area contributed by atoms with Gasteiger partial charge >= 0.3 is 5.97 Å². The number of nitrogens with one attached hydrogen (secondary N) is 1. The largest absolute Gasteiger partial charge is 0.480 e. The second-order valence-corrected chi connectivity index (χ2v) is 5.92. The Bertz CT molecular complexity index is 601. The van der Waals surface area contributed by atoms with Gasteiger partial charge in [0.2, 0.25) is 0 Å². The number of pyridine rings is 1. The molecule has 0 saturated heterocycles. The van der Waals surface area contributed by atoms with Crippen molar-refractivity contribution in [2.45, 2.75) is 38.8 Å². The summed E-state index contributed by atoms with van der Waals surface area (Å²) in [4.78, 5) is 34.8. The average molecular weight is 310 g/mol. The van der Waals surface area contributed by atoms with Crippen LogP contribution < -0.4 is 10.9 Å². The van der Waals surface area contributed by atoms with Crippen molar-refractivity contribution >= 4 is 11.9 Å². The lowest BCUT2D eigenvalue weighted by Gasteiger charge is -2.21. The molecule has 0 aliphatic rings. The minimum atomic E-state index is -1.15. The van der Waals surface area contributed by atoms with Gasteiger partial charge in [-0.05, 0) is 26.8 Å². The lowest BCUT2D eigenvalue weighted by atomic mass is 10.1. The quantitative estimate of drug-likeness (QED) is 0.809. The van der Waals surface area contributed by atoms with E-state index in [9.17, 15) is 19.5 Å². The van der Waals surface area contributed by atoms with Crippen LogP contribution in [0.1, 0.15) is 37.7 Å². The molecule has 1 heterocycles. The van der Waals surface area contributed by atoms with Gasteiger partial charge in [0.15, 0.2) is 0 Å². The zero-order valence-electron chi connectivity index (χ0n) is 13.3. The van der Waals surface area contributed by atoms with Crippen molar-refractivity contribution in [3.8, 4) is 0 Å². The van der Waals surface area contributed by atoms with Crippen LogP contribution in [0, 0.1) is 0 Å². The van der Waals surface area contributed by atoms with Crippen LogP contribution in [-0.2, 0) is 16.6 Å². The highest BCUT2D eigenvalue weighted by Gasteiger charge is 2.22. The van der Waals surface area contributed by atoms with E-state index in [2.05, 4.69) is 5.32 Å². The molecule has 1 unspecified atom stereocenters. The molecule has 0 bridgehead atoms. The highest BCUT2D eigenvalue weighted by molar-refractivity contribution is 5.95. The van der Waals surface area contributed by atoms with E-state index in [0.717, 1.165) is 0 Å². The van der Waals surface area contributed by atoms with Gasteiger partial charge in [-0.3, -0.25) is 9.59 Å². The number of hydrogen-bond donors (Lipinski definition) is 2. The number of carboxylic acid groups (broad SMARTS) is 1. The van der Waals surface area contributed by atoms with E-state index in [0.29, 0.717) is 0 Å². The summed E-state index contributed by atoms with van der Waals surface area (Å²) in [5, 5.41) is 11.6. The maximum Gasteiger partial charge on any atom is 0.326 e. The van der Waals surface area contributed by atoms with Gasteiger partial charge in [-0.1, -0.05) is 6.07 Å². The average Bonchev–Trinajstić information content (AvgIpc) is 2.39. The molecule has 0 fully saturated rings. The standard InChI is InChI=1S/C15H22N2O5/c1-15(2,3)22-9-8-10(14(20)21)16-13(19)11-6-5-7-12(18)17(11)4/h5-7,10H,8-9H2,1-4H3,(H,16,19)(H,20,21). The van der Waals surface area contributed by atoms with Crippen molar-refractivity contribution in [2.75, 3.05) is 6.61 Å². The summed E-state index contributed by atoms with van der Waals surface area (Å²) in [6.45, 7) is 5.79. The van der Waals surface area contributed by atoms with Crippen molar-refractivity contribution in [3.63, 3.8) is 0 Å². The minimum Gasteiger partial charge on any atom is -0.480 e. The maximum absolute atomic E-state index is 12.1. The molecule has 22 heavy (non-hydrogen) atoms.